The van der Waals surface area contributed by atoms with Crippen LogP contribution in [-0.4, -0.2) is 50.4 Å². The molecule has 2 aliphatic rings. The zero-order valence-corrected chi connectivity index (χ0v) is 21.7. The minimum absolute atomic E-state index is 0.0928. The lowest BCUT2D eigenvalue weighted by molar-refractivity contribution is -0.117. The van der Waals surface area contributed by atoms with E-state index in [1.807, 2.05) is 29.2 Å². The van der Waals surface area contributed by atoms with Crippen LogP contribution in [-0.2, 0) is 10.2 Å². The SMILES string of the molecule is CN(C)CC1(c2ccc(N3CC(CNC(=O)c4ccc(-c5ccc(Cl)s5)s4)CC3=O)cc2)CC1. The molecule has 5 rings (SSSR count). The number of rotatable bonds is 8. The third kappa shape index (κ3) is 4.93. The van der Waals surface area contributed by atoms with Crippen LogP contribution in [0, 0.1) is 5.92 Å². The largest absolute Gasteiger partial charge is 0.351 e. The number of benzene rings is 1. The molecule has 1 unspecified atom stereocenters. The second kappa shape index (κ2) is 9.46. The molecule has 1 aromatic carbocycles. The molecule has 1 aliphatic heterocycles. The summed E-state index contributed by atoms with van der Waals surface area (Å²) in [5.74, 6) is 0.134. The molecule has 0 radical (unpaired) electrons. The van der Waals surface area contributed by atoms with Gasteiger partial charge in [-0.15, -0.1) is 22.7 Å². The van der Waals surface area contributed by atoms with E-state index in [0.29, 0.717) is 24.4 Å². The highest BCUT2D eigenvalue weighted by Crippen LogP contribution is 2.48. The van der Waals surface area contributed by atoms with Gasteiger partial charge in [-0.25, -0.2) is 0 Å². The fourth-order valence-corrected chi connectivity index (χ4v) is 6.88. The van der Waals surface area contributed by atoms with Gasteiger partial charge < -0.3 is 15.1 Å². The van der Waals surface area contributed by atoms with E-state index in [2.05, 4.69) is 48.6 Å². The summed E-state index contributed by atoms with van der Waals surface area (Å²) in [6.45, 7) is 2.18. The van der Waals surface area contributed by atoms with Gasteiger partial charge in [-0.3, -0.25) is 9.59 Å². The monoisotopic (exact) mass is 513 g/mol. The molecule has 178 valence electrons. The number of amides is 2. The van der Waals surface area contributed by atoms with Gasteiger partial charge in [0, 0.05) is 52.8 Å². The number of nitrogens with zero attached hydrogens (tertiary/aromatic N) is 2. The topological polar surface area (TPSA) is 52.6 Å². The molecule has 1 N–H and O–H groups in total. The smallest absolute Gasteiger partial charge is 0.261 e. The number of thiophene rings is 2. The predicted octanol–water partition coefficient (Wildman–Crippen LogP) is 5.51. The van der Waals surface area contributed by atoms with Gasteiger partial charge in [-0.1, -0.05) is 23.7 Å². The molecule has 1 aliphatic carbocycles. The van der Waals surface area contributed by atoms with Crippen LogP contribution in [0.2, 0.25) is 4.34 Å². The molecule has 3 aromatic rings. The Hall–Kier alpha value is -2.19. The number of carbonyl (C=O) groups excluding carboxylic acids is 2. The Balaban J connectivity index is 1.17. The maximum Gasteiger partial charge on any atom is 0.261 e. The normalized spacial score (nSPS) is 19.1. The Morgan fingerprint density at radius 2 is 1.79 bits per heavy atom. The number of likely N-dealkylation sites (N-methyl/N-ethyl adjacent to an activating group) is 1. The molecule has 2 fully saturated rings. The highest BCUT2D eigenvalue weighted by molar-refractivity contribution is 7.24. The first-order valence-electron chi connectivity index (χ1n) is 11.5. The molecule has 0 bridgehead atoms. The minimum Gasteiger partial charge on any atom is -0.351 e. The fraction of sp³-hybridized carbons (Fsp3) is 0.385. The molecule has 5 nitrogen and oxygen atoms in total. The van der Waals surface area contributed by atoms with Gasteiger partial charge in [0.2, 0.25) is 5.91 Å². The van der Waals surface area contributed by atoms with Gasteiger partial charge in [0.25, 0.3) is 5.91 Å². The molecule has 2 aromatic heterocycles. The first-order valence-corrected chi connectivity index (χ1v) is 13.5. The molecular weight excluding hydrogens is 486 g/mol. The van der Waals surface area contributed by atoms with Crippen LogP contribution in [0.15, 0.2) is 48.5 Å². The van der Waals surface area contributed by atoms with Crippen LogP contribution in [0.4, 0.5) is 5.69 Å². The zero-order chi connectivity index (χ0) is 23.9. The number of halogens is 1. The molecule has 2 amide bonds. The van der Waals surface area contributed by atoms with Gasteiger partial charge in [0.05, 0.1) is 9.21 Å². The van der Waals surface area contributed by atoms with Crippen molar-refractivity contribution in [3.8, 4) is 9.75 Å². The van der Waals surface area contributed by atoms with E-state index >= 15 is 0 Å². The van der Waals surface area contributed by atoms with E-state index in [0.717, 1.165) is 26.3 Å². The third-order valence-corrected chi connectivity index (χ3v) is 9.18. The van der Waals surface area contributed by atoms with E-state index < -0.39 is 0 Å². The Kier molecular flexibility index (Phi) is 6.55. The van der Waals surface area contributed by atoms with Crippen LogP contribution >= 0.6 is 34.3 Å². The summed E-state index contributed by atoms with van der Waals surface area (Å²) < 4.78 is 0.736. The number of anilines is 1. The van der Waals surface area contributed by atoms with Gasteiger partial charge in [0.1, 0.15) is 0 Å². The van der Waals surface area contributed by atoms with Gasteiger partial charge in [0.15, 0.2) is 0 Å². The molecular formula is C26H28ClN3O2S2. The summed E-state index contributed by atoms with van der Waals surface area (Å²) in [5, 5.41) is 3.02. The molecule has 3 heterocycles. The number of hydrogen-bond donors (Lipinski definition) is 1. The van der Waals surface area contributed by atoms with E-state index in [9.17, 15) is 9.59 Å². The van der Waals surface area contributed by atoms with Gasteiger partial charge >= 0.3 is 0 Å². The predicted molar refractivity (Wildman–Crippen MR) is 141 cm³/mol. The van der Waals surface area contributed by atoms with Crippen LogP contribution in [0.5, 0.6) is 0 Å². The highest BCUT2D eigenvalue weighted by atomic mass is 35.5. The van der Waals surface area contributed by atoms with E-state index in [1.165, 1.54) is 41.1 Å². The van der Waals surface area contributed by atoms with Crippen molar-refractivity contribution < 1.29 is 9.59 Å². The second-order valence-electron chi connectivity index (χ2n) is 9.62. The molecule has 34 heavy (non-hydrogen) atoms. The zero-order valence-electron chi connectivity index (χ0n) is 19.3. The summed E-state index contributed by atoms with van der Waals surface area (Å²) in [7, 11) is 4.24. The van der Waals surface area contributed by atoms with E-state index in [4.69, 9.17) is 11.6 Å². The summed E-state index contributed by atoms with van der Waals surface area (Å²) in [5.41, 5.74) is 2.59. The lowest BCUT2D eigenvalue weighted by Crippen LogP contribution is -2.31. The van der Waals surface area contributed by atoms with Crippen molar-refractivity contribution in [2.45, 2.75) is 24.7 Å². The van der Waals surface area contributed by atoms with Crippen molar-refractivity contribution in [1.29, 1.82) is 0 Å². The fourth-order valence-electron chi connectivity index (χ4n) is 4.82. The van der Waals surface area contributed by atoms with Crippen molar-refractivity contribution >= 4 is 51.8 Å². The first kappa shape index (κ1) is 23.5. The van der Waals surface area contributed by atoms with Crippen molar-refractivity contribution in [3.63, 3.8) is 0 Å². The maximum atomic E-state index is 12.7. The quantitative estimate of drug-likeness (QED) is 0.432. The van der Waals surface area contributed by atoms with Crippen molar-refractivity contribution in [3.05, 3.63) is 63.3 Å². The summed E-state index contributed by atoms with van der Waals surface area (Å²) in [4.78, 5) is 32.2. The standard InChI is InChI=1S/C26H28ClN3O2S2/c1-29(2)16-26(11-12-26)18-3-5-19(6-4-18)30-15-17(13-24(30)31)14-28-25(32)22-8-7-20(33-22)21-9-10-23(27)34-21/h3-10,17H,11-16H2,1-2H3,(H,28,32). The molecule has 1 saturated heterocycles. The van der Waals surface area contributed by atoms with E-state index in [-0.39, 0.29) is 23.1 Å². The average Bonchev–Trinajstić information content (AvgIpc) is 3.16. The van der Waals surface area contributed by atoms with E-state index in [1.54, 1.807) is 0 Å². The van der Waals surface area contributed by atoms with Gasteiger partial charge in [-0.2, -0.15) is 0 Å². The first-order chi connectivity index (χ1) is 16.3. The second-order valence-corrected chi connectivity index (χ2v) is 12.4. The Morgan fingerprint density at radius 1 is 1.09 bits per heavy atom. The highest BCUT2D eigenvalue weighted by Gasteiger charge is 2.44. The van der Waals surface area contributed by atoms with Crippen molar-refractivity contribution in [1.82, 2.24) is 10.2 Å². The van der Waals surface area contributed by atoms with Crippen LogP contribution in [0.25, 0.3) is 9.75 Å². The van der Waals surface area contributed by atoms with Crippen molar-refractivity contribution in [2.24, 2.45) is 5.92 Å². The Labute approximate surface area is 213 Å². The average molecular weight is 514 g/mol. The molecule has 0 spiro atoms. The summed E-state index contributed by atoms with van der Waals surface area (Å²) in [6.07, 6.45) is 2.90. The lowest BCUT2D eigenvalue weighted by Gasteiger charge is -2.22. The maximum absolute atomic E-state index is 12.7. The lowest BCUT2D eigenvalue weighted by atomic mass is 9.95. The Bertz CT molecular complexity index is 1200. The summed E-state index contributed by atoms with van der Waals surface area (Å²) in [6, 6.07) is 16.2. The summed E-state index contributed by atoms with van der Waals surface area (Å²) >= 11 is 8.99. The molecule has 1 saturated carbocycles. The van der Waals surface area contributed by atoms with Gasteiger partial charge in [-0.05, 0) is 68.9 Å². The van der Waals surface area contributed by atoms with Crippen molar-refractivity contribution in [2.75, 3.05) is 38.6 Å². The number of nitrogens with one attached hydrogen (secondary N) is 1. The molecule has 8 heteroatoms. The Morgan fingerprint density at radius 3 is 2.44 bits per heavy atom. The number of carbonyl (C=O) groups is 2. The molecule has 1 atom stereocenters. The number of hydrogen-bond acceptors (Lipinski definition) is 5. The third-order valence-electron chi connectivity index (χ3n) is 6.67. The van der Waals surface area contributed by atoms with Crippen LogP contribution in [0.1, 0.15) is 34.5 Å². The van der Waals surface area contributed by atoms with Crippen LogP contribution < -0.4 is 10.2 Å². The van der Waals surface area contributed by atoms with Crippen LogP contribution in [0.3, 0.4) is 0 Å². The minimum atomic E-state index is -0.0928.